The zero-order chi connectivity index (χ0) is 20.5. The quantitative estimate of drug-likeness (QED) is 0.390. The Hall–Kier alpha value is -3.35. The Morgan fingerprint density at radius 3 is 2.57 bits per heavy atom. The predicted molar refractivity (Wildman–Crippen MR) is 111 cm³/mol. The summed E-state index contributed by atoms with van der Waals surface area (Å²) in [5, 5.41) is 9.85. The molecule has 148 valence electrons. The van der Waals surface area contributed by atoms with Crippen LogP contribution in [0, 0.1) is 6.92 Å². The van der Waals surface area contributed by atoms with Crippen molar-refractivity contribution < 1.29 is 14.3 Å². The van der Waals surface area contributed by atoms with E-state index in [1.54, 1.807) is 7.11 Å². The average Bonchev–Trinajstić information content (AvgIpc) is 2.70. The van der Waals surface area contributed by atoms with Crippen molar-refractivity contribution in [2.24, 2.45) is 5.10 Å². The number of carbonyl (C=O) groups excluding carboxylic acids is 2. The van der Waals surface area contributed by atoms with Crippen molar-refractivity contribution in [1.82, 2.24) is 10.7 Å². The van der Waals surface area contributed by atoms with Gasteiger partial charge in [0.05, 0.1) is 19.0 Å². The molecule has 7 nitrogen and oxygen atoms in total. The Bertz CT molecular complexity index is 864. The highest BCUT2D eigenvalue weighted by molar-refractivity contribution is 6.35. The molecule has 2 aromatic carbocycles. The van der Waals surface area contributed by atoms with Gasteiger partial charge >= 0.3 is 11.8 Å². The molecule has 0 fully saturated rings. The van der Waals surface area contributed by atoms with Gasteiger partial charge in [-0.15, -0.1) is 0 Å². The van der Waals surface area contributed by atoms with Crippen molar-refractivity contribution in [3.63, 3.8) is 0 Å². The van der Waals surface area contributed by atoms with Crippen LogP contribution in [-0.4, -0.2) is 31.2 Å². The van der Waals surface area contributed by atoms with Gasteiger partial charge in [-0.3, -0.25) is 9.59 Å². The monoisotopic (exact) mass is 382 g/mol. The number of aryl methyl sites for hydroxylation is 1. The van der Waals surface area contributed by atoms with Crippen LogP contribution in [0.4, 0.5) is 11.4 Å². The van der Waals surface area contributed by atoms with Gasteiger partial charge in [0.2, 0.25) is 0 Å². The first-order valence-electron chi connectivity index (χ1n) is 9.09. The molecule has 2 amide bonds. The normalized spacial score (nSPS) is 11.7. The number of hydrogen-bond acceptors (Lipinski definition) is 5. The summed E-state index contributed by atoms with van der Waals surface area (Å²) in [6.45, 7) is 5.75. The molecule has 0 aromatic heterocycles. The van der Waals surface area contributed by atoms with Crippen LogP contribution < -0.4 is 20.8 Å². The van der Waals surface area contributed by atoms with Crippen molar-refractivity contribution >= 4 is 29.4 Å². The Morgan fingerprint density at radius 2 is 1.89 bits per heavy atom. The summed E-state index contributed by atoms with van der Waals surface area (Å²) >= 11 is 0. The first kappa shape index (κ1) is 21.0. The minimum absolute atomic E-state index is 0.0782. The number of para-hydroxylation sites is 2. The molecule has 2 rings (SSSR count). The van der Waals surface area contributed by atoms with Crippen LogP contribution in [0.2, 0.25) is 0 Å². The van der Waals surface area contributed by atoms with Crippen LogP contribution in [0.25, 0.3) is 0 Å². The van der Waals surface area contributed by atoms with Gasteiger partial charge in [-0.25, -0.2) is 5.43 Å². The Labute approximate surface area is 165 Å². The molecule has 0 heterocycles. The SMILES string of the molecule is CC[C@H](C)NC(=O)C(=O)N/N=C\c1cccc(OC)c1Nc1ccccc1C. The van der Waals surface area contributed by atoms with E-state index in [9.17, 15) is 9.59 Å². The van der Waals surface area contributed by atoms with Gasteiger partial charge in [-0.2, -0.15) is 5.10 Å². The second-order valence-electron chi connectivity index (χ2n) is 6.35. The van der Waals surface area contributed by atoms with Crippen LogP contribution in [-0.2, 0) is 9.59 Å². The number of hydrazone groups is 1. The molecule has 2 aromatic rings. The maximum atomic E-state index is 11.9. The first-order valence-corrected chi connectivity index (χ1v) is 9.09. The van der Waals surface area contributed by atoms with E-state index in [0.29, 0.717) is 17.0 Å². The van der Waals surface area contributed by atoms with E-state index in [1.165, 1.54) is 6.21 Å². The fourth-order valence-corrected chi connectivity index (χ4v) is 2.41. The van der Waals surface area contributed by atoms with Crippen LogP contribution >= 0.6 is 0 Å². The number of hydrogen-bond donors (Lipinski definition) is 3. The van der Waals surface area contributed by atoms with Gasteiger partial charge in [-0.1, -0.05) is 37.3 Å². The third-order valence-corrected chi connectivity index (χ3v) is 4.25. The molecule has 0 bridgehead atoms. The van der Waals surface area contributed by atoms with E-state index in [-0.39, 0.29) is 6.04 Å². The molecule has 1 atom stereocenters. The number of methoxy groups -OCH3 is 1. The maximum absolute atomic E-state index is 11.9. The molecule has 0 spiro atoms. The predicted octanol–water partition coefficient (Wildman–Crippen LogP) is 3.11. The van der Waals surface area contributed by atoms with Crippen molar-refractivity contribution in [2.45, 2.75) is 33.2 Å². The number of amides is 2. The van der Waals surface area contributed by atoms with Gasteiger partial charge in [0.25, 0.3) is 0 Å². The summed E-state index contributed by atoms with van der Waals surface area (Å²) in [4.78, 5) is 23.6. The molecule has 0 aliphatic carbocycles. The lowest BCUT2D eigenvalue weighted by molar-refractivity contribution is -0.139. The zero-order valence-corrected chi connectivity index (χ0v) is 16.6. The van der Waals surface area contributed by atoms with E-state index in [4.69, 9.17) is 4.74 Å². The van der Waals surface area contributed by atoms with Crippen LogP contribution in [0.5, 0.6) is 5.75 Å². The van der Waals surface area contributed by atoms with Crippen LogP contribution in [0.1, 0.15) is 31.4 Å². The standard InChI is InChI=1S/C21H26N4O3/c1-5-15(3)23-20(26)21(27)25-22-13-16-10-8-12-18(28-4)19(16)24-17-11-7-6-9-14(17)2/h6-13,15,24H,5H2,1-4H3,(H,23,26)(H,25,27)/b22-13-/t15-/m0/s1. The molecule has 3 N–H and O–H groups in total. The summed E-state index contributed by atoms with van der Waals surface area (Å²) in [5.41, 5.74) is 5.66. The molecular formula is C21H26N4O3. The fourth-order valence-electron chi connectivity index (χ4n) is 2.41. The number of nitrogens with zero attached hydrogens (tertiary/aromatic N) is 1. The number of nitrogens with one attached hydrogen (secondary N) is 3. The van der Waals surface area contributed by atoms with E-state index in [1.807, 2.05) is 63.2 Å². The Balaban J connectivity index is 2.17. The number of rotatable bonds is 7. The number of carbonyl (C=O) groups is 2. The van der Waals surface area contributed by atoms with Crippen LogP contribution in [0.15, 0.2) is 47.6 Å². The van der Waals surface area contributed by atoms with Gasteiger partial charge < -0.3 is 15.4 Å². The van der Waals surface area contributed by atoms with Gasteiger partial charge in [-0.05, 0) is 38.0 Å². The second-order valence-corrected chi connectivity index (χ2v) is 6.35. The van der Waals surface area contributed by atoms with E-state index < -0.39 is 11.8 Å². The number of ether oxygens (including phenoxy) is 1. The number of benzene rings is 2. The van der Waals surface area contributed by atoms with Crippen molar-refractivity contribution in [2.75, 3.05) is 12.4 Å². The highest BCUT2D eigenvalue weighted by Gasteiger charge is 2.14. The Morgan fingerprint density at radius 1 is 1.14 bits per heavy atom. The molecule has 0 aliphatic rings. The van der Waals surface area contributed by atoms with E-state index in [0.717, 1.165) is 17.7 Å². The third kappa shape index (κ3) is 5.57. The average molecular weight is 382 g/mol. The summed E-state index contributed by atoms with van der Waals surface area (Å²) in [6, 6.07) is 13.3. The molecular weight excluding hydrogens is 356 g/mol. The fraction of sp³-hybridized carbons (Fsp3) is 0.286. The van der Waals surface area contributed by atoms with Gasteiger partial charge in [0, 0.05) is 17.3 Å². The summed E-state index contributed by atoms with van der Waals surface area (Å²) < 4.78 is 5.44. The van der Waals surface area contributed by atoms with Gasteiger partial charge in [0.1, 0.15) is 5.75 Å². The van der Waals surface area contributed by atoms with Crippen molar-refractivity contribution in [3.05, 3.63) is 53.6 Å². The summed E-state index contributed by atoms with van der Waals surface area (Å²) in [7, 11) is 1.58. The number of anilines is 2. The zero-order valence-electron chi connectivity index (χ0n) is 16.6. The molecule has 0 unspecified atom stereocenters. The molecule has 0 radical (unpaired) electrons. The topological polar surface area (TPSA) is 91.8 Å². The first-order chi connectivity index (χ1) is 13.5. The maximum Gasteiger partial charge on any atom is 0.329 e. The lowest BCUT2D eigenvalue weighted by atomic mass is 10.1. The minimum atomic E-state index is -0.812. The molecule has 0 saturated heterocycles. The van der Waals surface area contributed by atoms with Crippen molar-refractivity contribution in [3.8, 4) is 5.75 Å². The molecule has 28 heavy (non-hydrogen) atoms. The summed E-state index contributed by atoms with van der Waals surface area (Å²) in [6.07, 6.45) is 2.21. The van der Waals surface area contributed by atoms with Gasteiger partial charge in [0.15, 0.2) is 0 Å². The minimum Gasteiger partial charge on any atom is -0.495 e. The largest absolute Gasteiger partial charge is 0.495 e. The molecule has 7 heteroatoms. The lowest BCUT2D eigenvalue weighted by Crippen LogP contribution is -2.41. The second kappa shape index (κ2) is 10.1. The van der Waals surface area contributed by atoms with Crippen LogP contribution in [0.3, 0.4) is 0 Å². The highest BCUT2D eigenvalue weighted by Crippen LogP contribution is 2.31. The summed E-state index contributed by atoms with van der Waals surface area (Å²) in [5.74, 6) is -0.892. The highest BCUT2D eigenvalue weighted by atomic mass is 16.5. The molecule has 0 saturated carbocycles. The molecule has 0 aliphatic heterocycles. The Kier molecular flexibility index (Phi) is 7.56. The van der Waals surface area contributed by atoms with E-state index >= 15 is 0 Å². The van der Waals surface area contributed by atoms with E-state index in [2.05, 4.69) is 21.2 Å². The van der Waals surface area contributed by atoms with Crippen molar-refractivity contribution in [1.29, 1.82) is 0 Å². The lowest BCUT2D eigenvalue weighted by Gasteiger charge is -2.15. The smallest absolute Gasteiger partial charge is 0.329 e. The third-order valence-electron chi connectivity index (χ3n) is 4.25.